The van der Waals surface area contributed by atoms with Gasteiger partial charge in [0, 0.05) is 0 Å². The molecule has 0 spiro atoms. The van der Waals surface area contributed by atoms with Gasteiger partial charge in [0.05, 0.1) is 5.69 Å². The Bertz CT molecular complexity index is 407. The zero-order valence-electron chi connectivity index (χ0n) is 9.00. The Morgan fingerprint density at radius 1 is 1.44 bits per heavy atom. The number of alkyl halides is 2. The number of fused-ring (bicyclic) bond motifs is 1. The predicted molar refractivity (Wildman–Crippen MR) is 55.7 cm³/mol. The Kier molecular flexibility index (Phi) is 2.50. The highest BCUT2D eigenvalue weighted by Gasteiger charge is 2.46. The number of nitrogens with one attached hydrogen (secondary N) is 1. The molecule has 0 saturated heterocycles. The fourth-order valence-corrected chi connectivity index (χ4v) is 1.66. The van der Waals surface area contributed by atoms with Crippen LogP contribution in [0.3, 0.4) is 0 Å². The van der Waals surface area contributed by atoms with E-state index in [-0.39, 0.29) is 11.7 Å². The van der Waals surface area contributed by atoms with Crippen molar-refractivity contribution in [2.75, 3.05) is 5.32 Å². The summed E-state index contributed by atoms with van der Waals surface area (Å²) in [5, 5.41) is 11.5. The fraction of sp³-hybridized carbons (Fsp3) is 0.455. The molecule has 1 aliphatic heterocycles. The lowest BCUT2D eigenvalue weighted by Crippen LogP contribution is -2.47. The first-order valence-corrected chi connectivity index (χ1v) is 5.06. The molecule has 2 rings (SSSR count). The quantitative estimate of drug-likeness (QED) is 0.777. The maximum absolute atomic E-state index is 13.2. The predicted octanol–water partition coefficient (Wildman–Crippen LogP) is 2.53. The molecule has 0 radical (unpaired) electrons. The van der Waals surface area contributed by atoms with Crippen molar-refractivity contribution in [2.45, 2.75) is 32.1 Å². The van der Waals surface area contributed by atoms with Gasteiger partial charge in [0.25, 0.3) is 0 Å². The topological polar surface area (TPSA) is 41.5 Å². The molecule has 0 fully saturated rings. The molecule has 88 valence electrons. The molecule has 16 heavy (non-hydrogen) atoms. The standard InChI is InChI=1S/C11H13F2NO2/c1-6(2)7-4-3-5-8-9(7)16-11(12,13)10(15)14-8/h3-6,10,14-15H,1-2H3. The third-order valence-electron chi connectivity index (χ3n) is 2.52. The molecule has 3 nitrogen and oxygen atoms in total. The average Bonchev–Trinajstić information content (AvgIpc) is 2.18. The van der Waals surface area contributed by atoms with E-state index >= 15 is 0 Å². The lowest BCUT2D eigenvalue weighted by atomic mass is 10.0. The van der Waals surface area contributed by atoms with Crippen molar-refractivity contribution >= 4 is 5.69 Å². The molecular formula is C11H13F2NO2. The SMILES string of the molecule is CC(C)c1cccc2c1OC(F)(F)C(O)N2. The summed E-state index contributed by atoms with van der Waals surface area (Å²) in [6, 6.07) is 5.07. The van der Waals surface area contributed by atoms with Gasteiger partial charge in [-0.25, -0.2) is 0 Å². The first-order valence-electron chi connectivity index (χ1n) is 5.06. The molecule has 1 aliphatic rings. The van der Waals surface area contributed by atoms with E-state index in [4.69, 9.17) is 5.11 Å². The maximum atomic E-state index is 13.2. The first kappa shape index (κ1) is 11.1. The van der Waals surface area contributed by atoms with Gasteiger partial charge >= 0.3 is 6.11 Å². The van der Waals surface area contributed by atoms with Crippen LogP contribution in [0.5, 0.6) is 5.75 Å². The number of rotatable bonds is 1. The molecule has 0 aromatic heterocycles. The molecular weight excluding hydrogens is 216 g/mol. The fourth-order valence-electron chi connectivity index (χ4n) is 1.66. The second-order valence-electron chi connectivity index (χ2n) is 4.09. The number of aliphatic hydroxyl groups excluding tert-OH is 1. The van der Waals surface area contributed by atoms with Gasteiger partial charge < -0.3 is 15.2 Å². The van der Waals surface area contributed by atoms with Crippen LogP contribution in [0.4, 0.5) is 14.5 Å². The number of halogens is 2. The Labute approximate surface area is 92.0 Å². The van der Waals surface area contributed by atoms with E-state index in [1.54, 1.807) is 18.2 Å². The highest BCUT2D eigenvalue weighted by molar-refractivity contribution is 5.62. The Balaban J connectivity index is 2.48. The number of hydrogen-bond acceptors (Lipinski definition) is 3. The van der Waals surface area contributed by atoms with E-state index in [0.29, 0.717) is 11.3 Å². The normalized spacial score (nSPS) is 22.2. The average molecular weight is 229 g/mol. The van der Waals surface area contributed by atoms with Gasteiger partial charge in [-0.3, -0.25) is 0 Å². The summed E-state index contributed by atoms with van der Waals surface area (Å²) >= 11 is 0. The van der Waals surface area contributed by atoms with Crippen molar-refractivity contribution < 1.29 is 18.6 Å². The van der Waals surface area contributed by atoms with Crippen molar-refractivity contribution in [3.8, 4) is 5.75 Å². The van der Waals surface area contributed by atoms with Crippen molar-refractivity contribution in [2.24, 2.45) is 0 Å². The minimum Gasteiger partial charge on any atom is -0.427 e. The monoisotopic (exact) mass is 229 g/mol. The van der Waals surface area contributed by atoms with Crippen LogP contribution in [-0.2, 0) is 0 Å². The Morgan fingerprint density at radius 2 is 2.12 bits per heavy atom. The largest absolute Gasteiger partial charge is 0.444 e. The minimum absolute atomic E-state index is 0.0720. The molecule has 0 amide bonds. The molecule has 1 heterocycles. The first-order chi connectivity index (χ1) is 7.42. The highest BCUT2D eigenvalue weighted by atomic mass is 19.3. The minimum atomic E-state index is -3.60. The molecule has 0 saturated carbocycles. The van der Waals surface area contributed by atoms with Crippen LogP contribution in [-0.4, -0.2) is 17.4 Å². The summed E-state index contributed by atoms with van der Waals surface area (Å²) in [6.45, 7) is 3.78. The van der Waals surface area contributed by atoms with Crippen LogP contribution in [0, 0.1) is 0 Å². The third-order valence-corrected chi connectivity index (χ3v) is 2.52. The van der Waals surface area contributed by atoms with E-state index in [0.717, 1.165) is 0 Å². The van der Waals surface area contributed by atoms with Crippen molar-refractivity contribution in [1.82, 2.24) is 0 Å². The lowest BCUT2D eigenvalue weighted by molar-refractivity contribution is -0.236. The smallest absolute Gasteiger partial charge is 0.427 e. The van der Waals surface area contributed by atoms with Gasteiger partial charge in [0.15, 0.2) is 5.75 Å². The number of aliphatic hydroxyl groups is 1. The summed E-state index contributed by atoms with van der Waals surface area (Å²) in [4.78, 5) is 0. The zero-order valence-corrected chi connectivity index (χ0v) is 9.00. The van der Waals surface area contributed by atoms with Gasteiger partial charge in [-0.2, -0.15) is 8.78 Å². The van der Waals surface area contributed by atoms with E-state index in [9.17, 15) is 8.78 Å². The van der Waals surface area contributed by atoms with Gasteiger partial charge in [0.2, 0.25) is 6.23 Å². The second-order valence-corrected chi connectivity index (χ2v) is 4.09. The lowest BCUT2D eigenvalue weighted by Gasteiger charge is -2.32. The highest BCUT2D eigenvalue weighted by Crippen LogP contribution is 2.41. The number of hydrogen-bond donors (Lipinski definition) is 2. The summed E-state index contributed by atoms with van der Waals surface area (Å²) in [5.41, 5.74) is 1.08. The van der Waals surface area contributed by atoms with Crippen molar-refractivity contribution in [3.05, 3.63) is 23.8 Å². The summed E-state index contributed by atoms with van der Waals surface area (Å²) in [5.74, 6) is 0.190. The molecule has 5 heteroatoms. The Hall–Kier alpha value is -1.36. The van der Waals surface area contributed by atoms with Crippen LogP contribution >= 0.6 is 0 Å². The van der Waals surface area contributed by atoms with Gasteiger partial charge in [0.1, 0.15) is 0 Å². The molecule has 0 aliphatic carbocycles. The van der Waals surface area contributed by atoms with Gasteiger partial charge in [-0.05, 0) is 17.5 Å². The number of para-hydroxylation sites is 1. The third kappa shape index (κ3) is 1.71. The zero-order chi connectivity index (χ0) is 11.9. The summed E-state index contributed by atoms with van der Waals surface area (Å²) in [6.07, 6.45) is -5.61. The Morgan fingerprint density at radius 3 is 2.75 bits per heavy atom. The van der Waals surface area contributed by atoms with Crippen LogP contribution in [0.15, 0.2) is 18.2 Å². The van der Waals surface area contributed by atoms with Crippen molar-refractivity contribution in [3.63, 3.8) is 0 Å². The van der Waals surface area contributed by atoms with Crippen LogP contribution in [0.25, 0.3) is 0 Å². The van der Waals surface area contributed by atoms with Gasteiger partial charge in [-0.15, -0.1) is 0 Å². The maximum Gasteiger partial charge on any atom is 0.444 e. The molecule has 1 unspecified atom stereocenters. The van der Waals surface area contributed by atoms with Crippen molar-refractivity contribution in [1.29, 1.82) is 0 Å². The van der Waals surface area contributed by atoms with E-state index in [1.165, 1.54) is 0 Å². The summed E-state index contributed by atoms with van der Waals surface area (Å²) in [7, 11) is 0. The van der Waals surface area contributed by atoms with Crippen LogP contribution in [0.1, 0.15) is 25.3 Å². The molecule has 1 aromatic carbocycles. The summed E-state index contributed by atoms with van der Waals surface area (Å²) < 4.78 is 30.9. The second kappa shape index (κ2) is 3.59. The van der Waals surface area contributed by atoms with E-state index in [2.05, 4.69) is 10.1 Å². The number of ether oxygens (including phenoxy) is 1. The molecule has 1 aromatic rings. The van der Waals surface area contributed by atoms with Crippen LogP contribution in [0.2, 0.25) is 0 Å². The van der Waals surface area contributed by atoms with Crippen LogP contribution < -0.4 is 10.1 Å². The number of anilines is 1. The van der Waals surface area contributed by atoms with E-state index < -0.39 is 12.3 Å². The molecule has 0 bridgehead atoms. The molecule has 2 N–H and O–H groups in total. The molecule has 1 atom stereocenters. The van der Waals surface area contributed by atoms with Gasteiger partial charge in [-0.1, -0.05) is 26.0 Å². The van der Waals surface area contributed by atoms with E-state index in [1.807, 2.05) is 13.8 Å². The number of benzene rings is 1.